The Morgan fingerprint density at radius 3 is 2.56 bits per heavy atom. The molecule has 2 aliphatic rings. The van der Waals surface area contributed by atoms with Gasteiger partial charge in [-0.05, 0) is 13.8 Å². The van der Waals surface area contributed by atoms with Crippen molar-refractivity contribution in [1.82, 2.24) is 20.1 Å². The van der Waals surface area contributed by atoms with E-state index in [4.69, 9.17) is 4.42 Å². The summed E-state index contributed by atoms with van der Waals surface area (Å²) in [6, 6.07) is -0.530. The summed E-state index contributed by atoms with van der Waals surface area (Å²) in [6.07, 6.45) is 0.579. The summed E-state index contributed by atoms with van der Waals surface area (Å²) in [7, 11) is 0. The second kappa shape index (κ2) is 5.57. The van der Waals surface area contributed by atoms with E-state index in [1.807, 2.05) is 20.8 Å². The molecule has 0 atom stereocenters. The van der Waals surface area contributed by atoms with Gasteiger partial charge in [0.05, 0.1) is 6.54 Å². The number of nitrogens with one attached hydrogen (secondary N) is 1. The number of hydrogen-bond acceptors (Lipinski definition) is 5. The second-order valence-electron chi connectivity index (χ2n) is 8.15. The number of hydrogen-bond donors (Lipinski definition) is 1. The van der Waals surface area contributed by atoms with E-state index in [0.29, 0.717) is 25.4 Å². The van der Waals surface area contributed by atoms with Gasteiger partial charge in [-0.2, -0.15) is 0 Å². The molecule has 25 heavy (non-hydrogen) atoms. The summed E-state index contributed by atoms with van der Waals surface area (Å²) in [6.45, 7) is 9.86. The largest absolute Gasteiger partial charge is 0.445 e. The Balaban J connectivity index is 1.70. The zero-order chi connectivity index (χ0) is 18.6. The van der Waals surface area contributed by atoms with Gasteiger partial charge in [0.1, 0.15) is 23.5 Å². The van der Waals surface area contributed by atoms with Crippen LogP contribution in [0, 0.1) is 0 Å². The van der Waals surface area contributed by atoms with E-state index in [0.717, 1.165) is 16.4 Å². The lowest BCUT2D eigenvalue weighted by atomic mass is 9.97. The van der Waals surface area contributed by atoms with E-state index in [1.54, 1.807) is 18.7 Å². The van der Waals surface area contributed by atoms with Crippen LogP contribution in [0.5, 0.6) is 0 Å². The van der Waals surface area contributed by atoms with Crippen molar-refractivity contribution < 1.29 is 18.8 Å². The number of aromatic nitrogens is 1. The highest BCUT2D eigenvalue weighted by atomic mass is 16.4. The van der Waals surface area contributed by atoms with Gasteiger partial charge in [-0.25, -0.2) is 9.78 Å². The van der Waals surface area contributed by atoms with Crippen molar-refractivity contribution in [1.29, 1.82) is 0 Å². The fraction of sp³-hybridized carbons (Fsp3) is 0.647. The van der Waals surface area contributed by atoms with E-state index < -0.39 is 11.6 Å². The molecule has 8 nitrogen and oxygen atoms in total. The van der Waals surface area contributed by atoms with E-state index in [-0.39, 0.29) is 23.8 Å². The first-order valence-corrected chi connectivity index (χ1v) is 8.40. The van der Waals surface area contributed by atoms with E-state index in [2.05, 4.69) is 10.3 Å². The molecular formula is C17H24N4O4. The molecule has 1 aromatic rings. The van der Waals surface area contributed by atoms with Crippen molar-refractivity contribution in [2.45, 2.75) is 58.5 Å². The number of nitrogens with zero attached hydrogens (tertiary/aromatic N) is 3. The van der Waals surface area contributed by atoms with Crippen LogP contribution in [-0.4, -0.2) is 51.3 Å². The van der Waals surface area contributed by atoms with Gasteiger partial charge >= 0.3 is 6.03 Å². The normalized spacial score (nSPS) is 19.9. The summed E-state index contributed by atoms with van der Waals surface area (Å²) in [5.41, 5.74) is -0.417. The molecule has 1 N–H and O–H groups in total. The molecule has 1 aromatic heterocycles. The molecule has 0 aromatic carbocycles. The first-order valence-electron chi connectivity index (χ1n) is 8.40. The predicted octanol–water partition coefficient (Wildman–Crippen LogP) is 1.19. The highest BCUT2D eigenvalue weighted by molar-refractivity contribution is 6.08. The van der Waals surface area contributed by atoms with Gasteiger partial charge in [-0.3, -0.25) is 14.5 Å². The maximum absolute atomic E-state index is 12.6. The third-order valence-corrected chi connectivity index (χ3v) is 4.46. The molecule has 1 saturated heterocycles. The third kappa shape index (κ3) is 3.12. The van der Waals surface area contributed by atoms with Gasteiger partial charge in [-0.1, -0.05) is 20.8 Å². The topological polar surface area (TPSA) is 95.8 Å². The molecule has 0 saturated carbocycles. The van der Waals surface area contributed by atoms with Crippen LogP contribution in [0.4, 0.5) is 4.79 Å². The molecule has 0 unspecified atom stereocenters. The minimum absolute atomic E-state index is 0.197. The smallest absolute Gasteiger partial charge is 0.325 e. The van der Waals surface area contributed by atoms with Crippen LogP contribution in [0.2, 0.25) is 0 Å². The Bertz CT molecular complexity index is 744. The average molecular weight is 348 g/mol. The van der Waals surface area contributed by atoms with Gasteiger partial charge in [0.25, 0.3) is 5.91 Å². The fourth-order valence-corrected chi connectivity index (χ4v) is 2.93. The Hall–Kier alpha value is -2.38. The lowest BCUT2D eigenvalue weighted by Gasteiger charge is -2.27. The number of urea groups is 1. The van der Waals surface area contributed by atoms with Crippen LogP contribution in [-0.2, 0) is 28.0 Å². The van der Waals surface area contributed by atoms with Crippen LogP contribution in [0.3, 0.4) is 0 Å². The van der Waals surface area contributed by atoms with Gasteiger partial charge < -0.3 is 14.6 Å². The fourth-order valence-electron chi connectivity index (χ4n) is 2.93. The molecular weight excluding hydrogens is 324 g/mol. The minimum Gasteiger partial charge on any atom is -0.445 e. The SMILES string of the molecule is CC1(C)NC(=O)N(CC(=O)N2CCc3oc(C(C)(C)C)nc3C2)C1=O. The first kappa shape index (κ1) is 17.4. The summed E-state index contributed by atoms with van der Waals surface area (Å²) >= 11 is 0. The maximum atomic E-state index is 12.6. The van der Waals surface area contributed by atoms with E-state index in [1.165, 1.54) is 0 Å². The lowest BCUT2D eigenvalue weighted by molar-refractivity contribution is -0.139. The van der Waals surface area contributed by atoms with Gasteiger partial charge in [0, 0.05) is 18.4 Å². The zero-order valence-corrected chi connectivity index (χ0v) is 15.3. The zero-order valence-electron chi connectivity index (χ0n) is 15.3. The Morgan fingerprint density at radius 1 is 1.32 bits per heavy atom. The molecule has 3 rings (SSSR count). The highest BCUT2D eigenvalue weighted by Gasteiger charge is 2.45. The summed E-state index contributed by atoms with van der Waals surface area (Å²) in [5, 5.41) is 2.58. The van der Waals surface area contributed by atoms with Gasteiger partial charge in [-0.15, -0.1) is 0 Å². The summed E-state index contributed by atoms with van der Waals surface area (Å²) in [4.78, 5) is 43.8. The van der Waals surface area contributed by atoms with Crippen molar-refractivity contribution in [3.8, 4) is 0 Å². The van der Waals surface area contributed by atoms with Crippen LogP contribution in [0.25, 0.3) is 0 Å². The number of fused-ring (bicyclic) bond motifs is 1. The van der Waals surface area contributed by atoms with Crippen molar-refractivity contribution in [3.05, 3.63) is 17.3 Å². The quantitative estimate of drug-likeness (QED) is 0.810. The van der Waals surface area contributed by atoms with Crippen LogP contribution in [0.1, 0.15) is 52.0 Å². The number of amides is 4. The first-order chi connectivity index (χ1) is 11.5. The molecule has 3 heterocycles. The number of imide groups is 1. The summed E-state index contributed by atoms with van der Waals surface area (Å²) < 4.78 is 5.82. The molecule has 1 fully saturated rings. The molecule has 0 bridgehead atoms. The molecule has 4 amide bonds. The Labute approximate surface area is 146 Å². The molecule has 136 valence electrons. The number of rotatable bonds is 2. The molecule has 0 spiro atoms. The van der Waals surface area contributed by atoms with Crippen LogP contribution in [0.15, 0.2) is 4.42 Å². The van der Waals surface area contributed by atoms with Gasteiger partial charge in [0.15, 0.2) is 5.89 Å². The molecule has 0 radical (unpaired) electrons. The van der Waals surface area contributed by atoms with E-state index >= 15 is 0 Å². The Morgan fingerprint density at radius 2 is 2.00 bits per heavy atom. The maximum Gasteiger partial charge on any atom is 0.325 e. The average Bonchev–Trinajstić information content (AvgIpc) is 3.01. The molecule has 8 heteroatoms. The van der Waals surface area contributed by atoms with Gasteiger partial charge in [0.2, 0.25) is 5.91 Å². The number of carbonyl (C=O) groups excluding carboxylic acids is 3. The molecule has 0 aliphatic carbocycles. The lowest BCUT2D eigenvalue weighted by Crippen LogP contribution is -2.45. The van der Waals surface area contributed by atoms with E-state index in [9.17, 15) is 14.4 Å². The van der Waals surface area contributed by atoms with Crippen molar-refractivity contribution >= 4 is 17.8 Å². The summed E-state index contributed by atoms with van der Waals surface area (Å²) in [5.74, 6) is 0.805. The van der Waals surface area contributed by atoms with Crippen molar-refractivity contribution in [2.75, 3.05) is 13.1 Å². The standard InChI is InChI=1S/C17H24N4O4/c1-16(2,3)13-18-10-8-20(7-6-11(10)25-13)12(22)9-21-14(23)17(4,5)19-15(21)24/h6-9H2,1-5H3,(H,19,24). The number of carbonyl (C=O) groups is 3. The molecule has 2 aliphatic heterocycles. The third-order valence-electron chi connectivity index (χ3n) is 4.46. The van der Waals surface area contributed by atoms with Crippen molar-refractivity contribution in [3.63, 3.8) is 0 Å². The Kier molecular flexibility index (Phi) is 3.89. The number of oxazole rings is 1. The predicted molar refractivity (Wildman–Crippen MR) is 88.6 cm³/mol. The monoisotopic (exact) mass is 348 g/mol. The second-order valence-corrected chi connectivity index (χ2v) is 8.15. The minimum atomic E-state index is -0.972. The van der Waals surface area contributed by atoms with Crippen LogP contribution >= 0.6 is 0 Å². The highest BCUT2D eigenvalue weighted by Crippen LogP contribution is 2.27. The van der Waals surface area contributed by atoms with Crippen molar-refractivity contribution in [2.24, 2.45) is 0 Å². The van der Waals surface area contributed by atoms with Crippen LogP contribution < -0.4 is 5.32 Å².